The SMILES string of the molecule is NCC(Cc1ccoc1)c1ccccc1Cl. The van der Waals surface area contributed by atoms with Crippen LogP contribution < -0.4 is 5.73 Å². The summed E-state index contributed by atoms with van der Waals surface area (Å²) in [6.07, 6.45) is 4.28. The Morgan fingerprint density at radius 3 is 2.69 bits per heavy atom. The quantitative estimate of drug-likeness (QED) is 0.884. The van der Waals surface area contributed by atoms with E-state index in [1.165, 1.54) is 0 Å². The fourth-order valence-electron chi connectivity index (χ4n) is 1.82. The molecule has 0 spiro atoms. The second-order valence-electron chi connectivity index (χ2n) is 3.79. The van der Waals surface area contributed by atoms with E-state index in [9.17, 15) is 0 Å². The molecule has 2 rings (SSSR count). The van der Waals surface area contributed by atoms with Crippen LogP contribution in [0.1, 0.15) is 17.0 Å². The first kappa shape index (κ1) is 11.2. The maximum Gasteiger partial charge on any atom is 0.0934 e. The standard InChI is InChI=1S/C13H14ClNO/c14-13-4-2-1-3-12(13)11(8-15)7-10-5-6-16-9-10/h1-6,9,11H,7-8,15H2. The topological polar surface area (TPSA) is 39.2 Å². The predicted molar refractivity (Wildman–Crippen MR) is 65.7 cm³/mol. The zero-order chi connectivity index (χ0) is 11.4. The molecule has 1 atom stereocenters. The van der Waals surface area contributed by atoms with E-state index in [-0.39, 0.29) is 5.92 Å². The van der Waals surface area contributed by atoms with Crippen molar-refractivity contribution in [2.75, 3.05) is 6.54 Å². The normalized spacial score (nSPS) is 12.6. The molecule has 1 aromatic carbocycles. The first-order chi connectivity index (χ1) is 7.81. The Morgan fingerprint density at radius 2 is 2.06 bits per heavy atom. The molecule has 16 heavy (non-hydrogen) atoms. The summed E-state index contributed by atoms with van der Waals surface area (Å²) in [5, 5.41) is 0.779. The maximum atomic E-state index is 6.16. The molecule has 0 aliphatic heterocycles. The number of benzene rings is 1. The third-order valence-corrected chi connectivity index (χ3v) is 3.04. The summed E-state index contributed by atoms with van der Waals surface area (Å²) in [6, 6.07) is 9.80. The van der Waals surface area contributed by atoms with Crippen LogP contribution in [0.15, 0.2) is 47.3 Å². The lowest BCUT2D eigenvalue weighted by Crippen LogP contribution is -2.15. The molecule has 0 aliphatic carbocycles. The monoisotopic (exact) mass is 235 g/mol. The van der Waals surface area contributed by atoms with Crippen molar-refractivity contribution < 1.29 is 4.42 Å². The molecular formula is C13H14ClNO. The van der Waals surface area contributed by atoms with E-state index in [4.69, 9.17) is 21.8 Å². The summed E-state index contributed by atoms with van der Waals surface area (Å²) in [7, 11) is 0. The third kappa shape index (κ3) is 2.46. The first-order valence-electron chi connectivity index (χ1n) is 5.27. The number of nitrogens with two attached hydrogens (primary N) is 1. The number of hydrogen-bond acceptors (Lipinski definition) is 2. The molecule has 2 nitrogen and oxygen atoms in total. The zero-order valence-electron chi connectivity index (χ0n) is 8.90. The Balaban J connectivity index is 2.20. The van der Waals surface area contributed by atoms with Gasteiger partial charge in [-0.25, -0.2) is 0 Å². The van der Waals surface area contributed by atoms with Gasteiger partial charge in [0.05, 0.1) is 12.5 Å². The summed E-state index contributed by atoms with van der Waals surface area (Å²) < 4.78 is 5.05. The highest BCUT2D eigenvalue weighted by Gasteiger charge is 2.13. The molecule has 84 valence electrons. The van der Waals surface area contributed by atoms with Crippen LogP contribution in [0.3, 0.4) is 0 Å². The number of hydrogen-bond donors (Lipinski definition) is 1. The largest absolute Gasteiger partial charge is 0.472 e. The Kier molecular flexibility index (Phi) is 3.65. The van der Waals surface area contributed by atoms with Gasteiger partial charge in [-0.2, -0.15) is 0 Å². The number of furan rings is 1. The van der Waals surface area contributed by atoms with Gasteiger partial charge in [0.25, 0.3) is 0 Å². The summed E-state index contributed by atoms with van der Waals surface area (Å²) in [5.74, 6) is 0.242. The van der Waals surface area contributed by atoms with Gasteiger partial charge in [-0.3, -0.25) is 0 Å². The average molecular weight is 236 g/mol. The molecule has 0 amide bonds. The van der Waals surface area contributed by atoms with Crippen molar-refractivity contribution in [3.63, 3.8) is 0 Å². The van der Waals surface area contributed by atoms with E-state index in [0.29, 0.717) is 6.54 Å². The van der Waals surface area contributed by atoms with Crippen molar-refractivity contribution >= 4 is 11.6 Å². The average Bonchev–Trinajstić information content (AvgIpc) is 2.80. The zero-order valence-corrected chi connectivity index (χ0v) is 9.65. The van der Waals surface area contributed by atoms with E-state index < -0.39 is 0 Å². The van der Waals surface area contributed by atoms with Gasteiger partial charge < -0.3 is 10.2 Å². The van der Waals surface area contributed by atoms with Crippen molar-refractivity contribution in [1.29, 1.82) is 0 Å². The van der Waals surface area contributed by atoms with Gasteiger partial charge in [-0.1, -0.05) is 29.8 Å². The van der Waals surface area contributed by atoms with Gasteiger partial charge in [0.1, 0.15) is 0 Å². The van der Waals surface area contributed by atoms with Crippen LogP contribution in [0.4, 0.5) is 0 Å². The van der Waals surface area contributed by atoms with E-state index in [1.54, 1.807) is 12.5 Å². The highest BCUT2D eigenvalue weighted by Crippen LogP contribution is 2.26. The lowest BCUT2D eigenvalue weighted by atomic mass is 9.93. The molecular weight excluding hydrogens is 222 g/mol. The van der Waals surface area contributed by atoms with E-state index in [0.717, 1.165) is 22.6 Å². The number of halogens is 1. The summed E-state index contributed by atoms with van der Waals surface area (Å²) in [5.41, 5.74) is 8.05. The van der Waals surface area contributed by atoms with Gasteiger partial charge in [0, 0.05) is 10.9 Å². The molecule has 3 heteroatoms. The molecule has 2 aromatic rings. The minimum atomic E-state index is 0.242. The molecule has 0 bridgehead atoms. The lowest BCUT2D eigenvalue weighted by Gasteiger charge is -2.15. The van der Waals surface area contributed by atoms with Crippen LogP contribution in [0.5, 0.6) is 0 Å². The Morgan fingerprint density at radius 1 is 1.25 bits per heavy atom. The molecule has 0 saturated carbocycles. The van der Waals surface area contributed by atoms with Crippen LogP contribution in [0.2, 0.25) is 5.02 Å². The summed E-state index contributed by atoms with van der Waals surface area (Å²) in [6.45, 7) is 0.578. The maximum absolute atomic E-state index is 6.16. The highest BCUT2D eigenvalue weighted by molar-refractivity contribution is 6.31. The molecule has 2 N–H and O–H groups in total. The summed E-state index contributed by atoms with van der Waals surface area (Å²) >= 11 is 6.16. The van der Waals surface area contributed by atoms with Crippen LogP contribution in [-0.4, -0.2) is 6.54 Å². The van der Waals surface area contributed by atoms with Crippen LogP contribution in [-0.2, 0) is 6.42 Å². The summed E-state index contributed by atoms with van der Waals surface area (Å²) in [4.78, 5) is 0. The third-order valence-electron chi connectivity index (χ3n) is 2.69. The fraction of sp³-hybridized carbons (Fsp3) is 0.231. The Hall–Kier alpha value is -1.25. The van der Waals surface area contributed by atoms with Crippen LogP contribution in [0.25, 0.3) is 0 Å². The van der Waals surface area contributed by atoms with Crippen molar-refractivity contribution in [3.8, 4) is 0 Å². The van der Waals surface area contributed by atoms with E-state index in [1.807, 2.05) is 30.3 Å². The smallest absolute Gasteiger partial charge is 0.0934 e. The van der Waals surface area contributed by atoms with Gasteiger partial charge in [0.2, 0.25) is 0 Å². The molecule has 0 fully saturated rings. The minimum Gasteiger partial charge on any atom is -0.472 e. The van der Waals surface area contributed by atoms with Crippen molar-refractivity contribution in [2.24, 2.45) is 5.73 Å². The predicted octanol–water partition coefficient (Wildman–Crippen LogP) is 3.22. The Labute approximate surface area is 100 Å². The molecule has 0 radical (unpaired) electrons. The molecule has 0 saturated heterocycles. The molecule has 1 heterocycles. The molecule has 1 aromatic heterocycles. The number of rotatable bonds is 4. The van der Waals surface area contributed by atoms with Gasteiger partial charge >= 0.3 is 0 Å². The highest BCUT2D eigenvalue weighted by atomic mass is 35.5. The second kappa shape index (κ2) is 5.19. The van der Waals surface area contributed by atoms with Gasteiger partial charge in [0.15, 0.2) is 0 Å². The second-order valence-corrected chi connectivity index (χ2v) is 4.20. The van der Waals surface area contributed by atoms with E-state index in [2.05, 4.69) is 0 Å². The van der Waals surface area contributed by atoms with Crippen LogP contribution >= 0.6 is 11.6 Å². The van der Waals surface area contributed by atoms with Gasteiger partial charge in [-0.05, 0) is 36.2 Å². The molecule has 0 aliphatic rings. The van der Waals surface area contributed by atoms with Crippen molar-refractivity contribution in [1.82, 2.24) is 0 Å². The Bertz CT molecular complexity index is 439. The van der Waals surface area contributed by atoms with Crippen LogP contribution in [0, 0.1) is 0 Å². The van der Waals surface area contributed by atoms with E-state index >= 15 is 0 Å². The van der Waals surface area contributed by atoms with Gasteiger partial charge in [-0.15, -0.1) is 0 Å². The van der Waals surface area contributed by atoms with Crippen molar-refractivity contribution in [3.05, 3.63) is 59.0 Å². The molecule has 1 unspecified atom stereocenters. The lowest BCUT2D eigenvalue weighted by molar-refractivity contribution is 0.561. The van der Waals surface area contributed by atoms with Crippen molar-refractivity contribution in [2.45, 2.75) is 12.3 Å². The fourth-order valence-corrected chi connectivity index (χ4v) is 2.11. The first-order valence-corrected chi connectivity index (χ1v) is 5.64. The minimum absolute atomic E-state index is 0.242.